The molecule has 1 aromatic carbocycles. The number of fused-ring (bicyclic) bond motifs is 1. The monoisotopic (exact) mass is 263 g/mol. The Labute approximate surface area is 112 Å². The average Bonchev–Trinajstić information content (AvgIpc) is 2.92. The molecule has 2 atom stereocenters. The van der Waals surface area contributed by atoms with Crippen molar-refractivity contribution in [2.24, 2.45) is 0 Å². The maximum atomic E-state index is 11.9. The molecular formula is C14H17NO4. The van der Waals surface area contributed by atoms with Gasteiger partial charge in [0.05, 0.1) is 6.04 Å². The molecule has 0 spiro atoms. The van der Waals surface area contributed by atoms with Crippen LogP contribution in [0.2, 0.25) is 0 Å². The maximum Gasteiger partial charge on any atom is 0.411 e. The van der Waals surface area contributed by atoms with Crippen LogP contribution in [0.4, 0.5) is 4.79 Å². The SMILES string of the molecule is CC(C)N1C(=O)O[C@H](c2ccc3c(c2)OCO3)[C@@H]1C. The Morgan fingerprint density at radius 1 is 1.26 bits per heavy atom. The van der Waals surface area contributed by atoms with E-state index in [0.717, 1.165) is 11.3 Å². The molecule has 19 heavy (non-hydrogen) atoms. The molecule has 0 bridgehead atoms. The Morgan fingerprint density at radius 2 is 2.00 bits per heavy atom. The lowest BCUT2D eigenvalue weighted by atomic mass is 10.0. The van der Waals surface area contributed by atoms with E-state index in [0.29, 0.717) is 5.75 Å². The van der Waals surface area contributed by atoms with Gasteiger partial charge in [0.25, 0.3) is 0 Å². The predicted molar refractivity (Wildman–Crippen MR) is 68.2 cm³/mol. The summed E-state index contributed by atoms with van der Waals surface area (Å²) < 4.78 is 16.1. The fraction of sp³-hybridized carbons (Fsp3) is 0.500. The summed E-state index contributed by atoms with van der Waals surface area (Å²) in [5.74, 6) is 1.45. The zero-order valence-electron chi connectivity index (χ0n) is 11.3. The highest BCUT2D eigenvalue weighted by atomic mass is 16.7. The molecule has 0 saturated carbocycles. The Kier molecular flexibility index (Phi) is 2.77. The lowest BCUT2D eigenvalue weighted by molar-refractivity contribution is 0.128. The van der Waals surface area contributed by atoms with Crippen LogP contribution in [-0.2, 0) is 4.74 Å². The van der Waals surface area contributed by atoms with Gasteiger partial charge in [-0.1, -0.05) is 6.07 Å². The molecule has 1 fully saturated rings. The van der Waals surface area contributed by atoms with Gasteiger partial charge in [-0.15, -0.1) is 0 Å². The van der Waals surface area contributed by atoms with Crippen molar-refractivity contribution in [3.05, 3.63) is 23.8 Å². The summed E-state index contributed by atoms with van der Waals surface area (Å²) in [6.45, 7) is 6.22. The van der Waals surface area contributed by atoms with Crippen LogP contribution in [0.15, 0.2) is 18.2 Å². The third kappa shape index (κ3) is 1.89. The van der Waals surface area contributed by atoms with Crippen molar-refractivity contribution in [3.8, 4) is 11.5 Å². The van der Waals surface area contributed by atoms with E-state index in [1.807, 2.05) is 39.0 Å². The molecule has 5 nitrogen and oxygen atoms in total. The van der Waals surface area contributed by atoms with Gasteiger partial charge in [-0.3, -0.25) is 4.90 Å². The van der Waals surface area contributed by atoms with Crippen molar-refractivity contribution in [2.45, 2.75) is 39.0 Å². The van der Waals surface area contributed by atoms with Crippen molar-refractivity contribution in [1.82, 2.24) is 4.90 Å². The number of benzene rings is 1. The number of hydrogen-bond acceptors (Lipinski definition) is 4. The first-order valence-corrected chi connectivity index (χ1v) is 6.46. The summed E-state index contributed by atoms with van der Waals surface area (Å²) in [6, 6.07) is 5.80. The Hall–Kier alpha value is -1.91. The van der Waals surface area contributed by atoms with Gasteiger partial charge in [-0.2, -0.15) is 0 Å². The molecule has 2 heterocycles. The molecular weight excluding hydrogens is 246 g/mol. The van der Waals surface area contributed by atoms with Gasteiger partial charge in [0.15, 0.2) is 11.5 Å². The molecule has 0 N–H and O–H groups in total. The van der Waals surface area contributed by atoms with E-state index in [-0.39, 0.29) is 31.1 Å². The molecule has 1 amide bonds. The largest absolute Gasteiger partial charge is 0.454 e. The Morgan fingerprint density at radius 3 is 2.68 bits per heavy atom. The van der Waals surface area contributed by atoms with Crippen molar-refractivity contribution >= 4 is 6.09 Å². The van der Waals surface area contributed by atoms with Gasteiger partial charge >= 0.3 is 6.09 Å². The van der Waals surface area contributed by atoms with E-state index in [2.05, 4.69) is 0 Å². The molecule has 2 aliphatic heterocycles. The highest BCUT2D eigenvalue weighted by Gasteiger charge is 2.41. The Bertz CT molecular complexity index is 514. The van der Waals surface area contributed by atoms with Crippen molar-refractivity contribution in [1.29, 1.82) is 0 Å². The van der Waals surface area contributed by atoms with Crippen molar-refractivity contribution in [3.63, 3.8) is 0 Å². The lowest BCUT2D eigenvalue weighted by Gasteiger charge is -2.24. The number of cyclic esters (lactones) is 1. The topological polar surface area (TPSA) is 48.0 Å². The molecule has 0 unspecified atom stereocenters. The predicted octanol–water partition coefficient (Wildman–Crippen LogP) is 2.71. The second-order valence-corrected chi connectivity index (χ2v) is 5.16. The van der Waals surface area contributed by atoms with E-state index in [1.165, 1.54) is 0 Å². The standard InChI is InChI=1S/C14H17NO4/c1-8(2)15-9(3)13(19-14(15)16)10-4-5-11-12(6-10)18-7-17-11/h4-6,8-9,13H,7H2,1-3H3/t9-,13-/m0/s1. The second kappa shape index (κ2) is 4.33. The van der Waals surface area contributed by atoms with Gasteiger partial charge in [-0.25, -0.2) is 4.79 Å². The van der Waals surface area contributed by atoms with Crippen LogP contribution in [-0.4, -0.2) is 29.9 Å². The van der Waals surface area contributed by atoms with Crippen LogP contribution in [0.5, 0.6) is 11.5 Å². The molecule has 102 valence electrons. The number of hydrogen-bond donors (Lipinski definition) is 0. The molecule has 2 aliphatic rings. The number of carbonyl (C=O) groups is 1. The molecule has 1 aromatic rings. The summed E-state index contributed by atoms with van der Waals surface area (Å²) >= 11 is 0. The van der Waals surface area contributed by atoms with Crippen LogP contribution in [0.1, 0.15) is 32.4 Å². The number of nitrogens with zero attached hydrogens (tertiary/aromatic N) is 1. The highest BCUT2D eigenvalue weighted by Crippen LogP contribution is 2.39. The number of amides is 1. The molecule has 0 aromatic heterocycles. The van der Waals surface area contributed by atoms with Gasteiger partial charge in [0.1, 0.15) is 6.10 Å². The molecule has 1 saturated heterocycles. The number of rotatable bonds is 2. The van der Waals surface area contributed by atoms with Gasteiger partial charge in [0, 0.05) is 6.04 Å². The molecule has 5 heteroatoms. The van der Waals surface area contributed by atoms with E-state index >= 15 is 0 Å². The smallest absolute Gasteiger partial charge is 0.411 e. The molecule has 3 rings (SSSR count). The minimum Gasteiger partial charge on any atom is -0.454 e. The van der Waals surface area contributed by atoms with Crippen LogP contribution < -0.4 is 9.47 Å². The zero-order valence-corrected chi connectivity index (χ0v) is 11.3. The zero-order chi connectivity index (χ0) is 13.6. The highest BCUT2D eigenvalue weighted by molar-refractivity contribution is 5.71. The average molecular weight is 263 g/mol. The maximum absolute atomic E-state index is 11.9. The number of ether oxygens (including phenoxy) is 3. The molecule has 0 aliphatic carbocycles. The van der Waals surface area contributed by atoms with Gasteiger partial charge < -0.3 is 14.2 Å². The summed E-state index contributed by atoms with van der Waals surface area (Å²) in [6.07, 6.45) is -0.519. The first-order chi connectivity index (χ1) is 9.08. The third-order valence-corrected chi connectivity index (χ3v) is 3.60. The third-order valence-electron chi connectivity index (χ3n) is 3.60. The fourth-order valence-electron chi connectivity index (χ4n) is 2.70. The van der Waals surface area contributed by atoms with Gasteiger partial charge in [0.2, 0.25) is 6.79 Å². The van der Waals surface area contributed by atoms with E-state index in [1.54, 1.807) is 4.90 Å². The van der Waals surface area contributed by atoms with Crippen molar-refractivity contribution < 1.29 is 19.0 Å². The number of carbonyl (C=O) groups excluding carboxylic acids is 1. The van der Waals surface area contributed by atoms with Crippen LogP contribution >= 0.6 is 0 Å². The minimum absolute atomic E-state index is 0.00729. The minimum atomic E-state index is -0.260. The second-order valence-electron chi connectivity index (χ2n) is 5.16. The first kappa shape index (κ1) is 12.1. The summed E-state index contributed by atoms with van der Waals surface area (Å²) in [5, 5.41) is 0. The lowest BCUT2D eigenvalue weighted by Crippen LogP contribution is -2.37. The van der Waals surface area contributed by atoms with Crippen LogP contribution in [0, 0.1) is 0 Å². The van der Waals surface area contributed by atoms with E-state index in [9.17, 15) is 4.79 Å². The van der Waals surface area contributed by atoms with Gasteiger partial charge in [-0.05, 0) is 38.5 Å². The normalized spacial score (nSPS) is 25.1. The summed E-state index contributed by atoms with van der Waals surface area (Å²) in [4.78, 5) is 13.7. The van der Waals surface area contributed by atoms with Crippen LogP contribution in [0.3, 0.4) is 0 Å². The Balaban J connectivity index is 1.89. The molecule has 0 radical (unpaired) electrons. The quantitative estimate of drug-likeness (QED) is 0.823. The fourth-order valence-corrected chi connectivity index (χ4v) is 2.70. The first-order valence-electron chi connectivity index (χ1n) is 6.46. The summed E-state index contributed by atoms with van der Waals surface area (Å²) in [7, 11) is 0. The van der Waals surface area contributed by atoms with E-state index in [4.69, 9.17) is 14.2 Å². The summed E-state index contributed by atoms with van der Waals surface area (Å²) in [5.41, 5.74) is 0.938. The van der Waals surface area contributed by atoms with E-state index < -0.39 is 0 Å². The van der Waals surface area contributed by atoms with Crippen molar-refractivity contribution in [2.75, 3.05) is 6.79 Å². The van der Waals surface area contributed by atoms with Crippen LogP contribution in [0.25, 0.3) is 0 Å².